The second-order valence-corrected chi connectivity index (χ2v) is 4.28. The highest BCUT2D eigenvalue weighted by Crippen LogP contribution is 2.28. The summed E-state index contributed by atoms with van der Waals surface area (Å²) in [7, 11) is 0. The van der Waals surface area contributed by atoms with E-state index in [9.17, 15) is 0 Å². The predicted molar refractivity (Wildman–Crippen MR) is 72.4 cm³/mol. The third kappa shape index (κ3) is 2.83. The summed E-state index contributed by atoms with van der Waals surface area (Å²) >= 11 is 6.04. The second-order valence-electron chi connectivity index (χ2n) is 3.92. The van der Waals surface area contributed by atoms with Gasteiger partial charge < -0.3 is 4.74 Å². The number of rotatable bonds is 3. The number of ether oxygens (including phenoxy) is 1. The van der Waals surface area contributed by atoms with Crippen molar-refractivity contribution in [1.82, 2.24) is 9.97 Å². The summed E-state index contributed by atoms with van der Waals surface area (Å²) in [6, 6.07) is 9.07. The molecule has 0 fully saturated rings. The van der Waals surface area contributed by atoms with Crippen molar-refractivity contribution in [3.8, 4) is 17.7 Å². The van der Waals surface area contributed by atoms with Gasteiger partial charge in [-0.15, -0.1) is 0 Å². The molecule has 2 aromatic rings. The lowest BCUT2D eigenvalue weighted by Crippen LogP contribution is -2.00. The molecule has 96 valence electrons. The molecule has 0 N–H and O–H groups in total. The van der Waals surface area contributed by atoms with E-state index in [1.54, 1.807) is 31.2 Å². The molecule has 4 nitrogen and oxygen atoms in total. The van der Waals surface area contributed by atoms with Crippen LogP contribution in [0.5, 0.6) is 11.6 Å². The molecule has 0 saturated heterocycles. The molecule has 1 aromatic carbocycles. The number of aromatic nitrogens is 2. The second kappa shape index (κ2) is 5.68. The molecule has 0 aliphatic carbocycles. The Labute approximate surface area is 116 Å². The Balaban J connectivity index is 2.44. The summed E-state index contributed by atoms with van der Waals surface area (Å²) < 4.78 is 5.70. The molecule has 5 heteroatoms. The van der Waals surface area contributed by atoms with Gasteiger partial charge in [0.25, 0.3) is 0 Å². The molecule has 0 bridgehead atoms. The van der Waals surface area contributed by atoms with E-state index in [-0.39, 0.29) is 0 Å². The summed E-state index contributed by atoms with van der Waals surface area (Å²) in [4.78, 5) is 8.44. The van der Waals surface area contributed by atoms with Gasteiger partial charge >= 0.3 is 0 Å². The highest BCUT2D eigenvalue weighted by Gasteiger charge is 2.12. The van der Waals surface area contributed by atoms with Crippen LogP contribution in [0.1, 0.15) is 23.9 Å². The topological polar surface area (TPSA) is 58.8 Å². The summed E-state index contributed by atoms with van der Waals surface area (Å²) in [6.07, 6.45) is 0.663. The zero-order valence-electron chi connectivity index (χ0n) is 10.6. The van der Waals surface area contributed by atoms with Crippen LogP contribution in [0.15, 0.2) is 24.3 Å². The fraction of sp³-hybridized carbons (Fsp3) is 0.214. The number of hydrogen-bond donors (Lipinski definition) is 0. The lowest BCUT2D eigenvalue weighted by Gasteiger charge is -2.10. The van der Waals surface area contributed by atoms with Crippen molar-refractivity contribution in [1.29, 1.82) is 5.26 Å². The van der Waals surface area contributed by atoms with E-state index in [4.69, 9.17) is 21.6 Å². The third-order valence-corrected chi connectivity index (χ3v) is 2.99. The number of nitrogens with zero attached hydrogens (tertiary/aromatic N) is 3. The Morgan fingerprint density at radius 2 is 2.05 bits per heavy atom. The van der Waals surface area contributed by atoms with E-state index in [1.165, 1.54) is 0 Å². The van der Waals surface area contributed by atoms with Crippen molar-refractivity contribution in [2.75, 3.05) is 0 Å². The number of para-hydroxylation sites is 1. The van der Waals surface area contributed by atoms with E-state index in [0.717, 1.165) is 0 Å². The fourth-order valence-corrected chi connectivity index (χ4v) is 1.70. The number of nitriles is 1. The number of aryl methyl sites for hydroxylation is 1. The summed E-state index contributed by atoms with van der Waals surface area (Å²) in [5, 5.41) is 9.40. The summed E-state index contributed by atoms with van der Waals surface area (Å²) in [5.41, 5.74) is 1.11. The van der Waals surface area contributed by atoms with Crippen molar-refractivity contribution in [3.63, 3.8) is 0 Å². The Morgan fingerprint density at radius 3 is 2.74 bits per heavy atom. The summed E-state index contributed by atoms with van der Waals surface area (Å²) in [5.74, 6) is 1.46. The van der Waals surface area contributed by atoms with E-state index >= 15 is 0 Å². The maximum absolute atomic E-state index is 9.03. The van der Waals surface area contributed by atoms with Gasteiger partial charge in [-0.05, 0) is 19.1 Å². The molecule has 0 saturated carbocycles. The smallest absolute Gasteiger partial charge is 0.227 e. The largest absolute Gasteiger partial charge is 0.437 e. The molecule has 1 aromatic heterocycles. The van der Waals surface area contributed by atoms with Gasteiger partial charge in [-0.1, -0.05) is 30.7 Å². The molecule has 0 unspecified atom stereocenters. The van der Waals surface area contributed by atoms with Crippen molar-refractivity contribution in [3.05, 3.63) is 46.4 Å². The van der Waals surface area contributed by atoms with E-state index in [1.807, 2.05) is 6.92 Å². The van der Waals surface area contributed by atoms with Crippen molar-refractivity contribution >= 4 is 11.6 Å². The van der Waals surface area contributed by atoms with Gasteiger partial charge in [-0.25, -0.2) is 4.98 Å². The molecule has 2 rings (SSSR count). The standard InChI is InChI=1S/C14H12ClN3O/c1-3-12-17-13(15)9(2)14(18-12)19-11-7-5-4-6-10(11)8-16/h4-7H,3H2,1-2H3. The Hall–Kier alpha value is -2.12. The molecular weight excluding hydrogens is 262 g/mol. The number of benzene rings is 1. The van der Waals surface area contributed by atoms with E-state index in [2.05, 4.69) is 16.0 Å². The van der Waals surface area contributed by atoms with Gasteiger partial charge in [0.15, 0.2) is 0 Å². The monoisotopic (exact) mass is 273 g/mol. The summed E-state index contributed by atoms with van der Waals surface area (Å²) in [6.45, 7) is 3.72. The highest BCUT2D eigenvalue weighted by atomic mass is 35.5. The molecule has 0 spiro atoms. The first-order valence-corrected chi connectivity index (χ1v) is 6.23. The Bertz CT molecular complexity index is 650. The molecule has 1 heterocycles. The van der Waals surface area contributed by atoms with Crippen LogP contribution in [0.4, 0.5) is 0 Å². The van der Waals surface area contributed by atoms with Crippen LogP contribution in [0, 0.1) is 18.3 Å². The lowest BCUT2D eigenvalue weighted by atomic mass is 10.2. The van der Waals surface area contributed by atoms with E-state index in [0.29, 0.717) is 40.2 Å². The minimum atomic E-state index is 0.372. The molecule has 0 aliphatic heterocycles. The van der Waals surface area contributed by atoms with Crippen LogP contribution in [0.2, 0.25) is 5.15 Å². The van der Waals surface area contributed by atoms with Crippen LogP contribution in [0.3, 0.4) is 0 Å². The number of hydrogen-bond acceptors (Lipinski definition) is 4. The van der Waals surface area contributed by atoms with Crippen LogP contribution >= 0.6 is 11.6 Å². The van der Waals surface area contributed by atoms with Gasteiger partial charge in [0.2, 0.25) is 5.88 Å². The first kappa shape index (κ1) is 13.3. The highest BCUT2D eigenvalue weighted by molar-refractivity contribution is 6.30. The van der Waals surface area contributed by atoms with Gasteiger partial charge in [-0.3, -0.25) is 0 Å². The van der Waals surface area contributed by atoms with Gasteiger partial charge in [0, 0.05) is 12.0 Å². The van der Waals surface area contributed by atoms with Crippen LogP contribution in [0.25, 0.3) is 0 Å². The molecular formula is C14H12ClN3O. The van der Waals surface area contributed by atoms with Crippen LogP contribution in [-0.2, 0) is 6.42 Å². The van der Waals surface area contributed by atoms with Gasteiger partial charge in [-0.2, -0.15) is 10.2 Å². The van der Waals surface area contributed by atoms with Crippen molar-refractivity contribution < 1.29 is 4.74 Å². The van der Waals surface area contributed by atoms with Crippen LogP contribution < -0.4 is 4.74 Å². The first-order chi connectivity index (χ1) is 9.15. The zero-order valence-corrected chi connectivity index (χ0v) is 11.4. The quantitative estimate of drug-likeness (QED) is 0.801. The molecule has 0 aliphatic rings. The Morgan fingerprint density at radius 1 is 1.32 bits per heavy atom. The third-order valence-electron chi connectivity index (χ3n) is 2.62. The Kier molecular flexibility index (Phi) is 3.98. The lowest BCUT2D eigenvalue weighted by molar-refractivity contribution is 0.453. The average molecular weight is 274 g/mol. The molecule has 0 amide bonds. The van der Waals surface area contributed by atoms with Crippen molar-refractivity contribution in [2.45, 2.75) is 20.3 Å². The maximum atomic E-state index is 9.03. The zero-order chi connectivity index (χ0) is 13.8. The molecule has 0 radical (unpaired) electrons. The predicted octanol–water partition coefficient (Wildman–Crippen LogP) is 3.66. The fourth-order valence-electron chi connectivity index (χ4n) is 1.52. The average Bonchev–Trinajstić information content (AvgIpc) is 2.44. The van der Waals surface area contributed by atoms with Gasteiger partial charge in [0.05, 0.1) is 5.56 Å². The molecule has 0 atom stereocenters. The SMILES string of the molecule is CCc1nc(Cl)c(C)c(Oc2ccccc2C#N)n1. The maximum Gasteiger partial charge on any atom is 0.227 e. The first-order valence-electron chi connectivity index (χ1n) is 5.85. The molecule has 19 heavy (non-hydrogen) atoms. The minimum absolute atomic E-state index is 0.372. The normalized spacial score (nSPS) is 10.0. The van der Waals surface area contributed by atoms with Crippen LogP contribution in [-0.4, -0.2) is 9.97 Å². The van der Waals surface area contributed by atoms with Gasteiger partial charge in [0.1, 0.15) is 22.8 Å². The minimum Gasteiger partial charge on any atom is -0.437 e. The van der Waals surface area contributed by atoms with E-state index < -0.39 is 0 Å². The van der Waals surface area contributed by atoms with Crippen molar-refractivity contribution in [2.24, 2.45) is 0 Å². The number of halogens is 1.